The smallest absolute Gasteiger partial charge is 0.271 e. The molecule has 3 rings (SSSR count). The molecule has 6 nitrogen and oxygen atoms in total. The Labute approximate surface area is 138 Å². The second-order valence-corrected chi connectivity index (χ2v) is 7.98. The summed E-state index contributed by atoms with van der Waals surface area (Å²) >= 11 is 1.27. The van der Waals surface area contributed by atoms with Crippen LogP contribution in [0.15, 0.2) is 45.1 Å². The zero-order chi connectivity index (χ0) is 16.4. The molecule has 0 fully saturated rings. The molecule has 0 unspecified atom stereocenters. The Bertz CT molecular complexity index is 929. The number of aromatic nitrogens is 2. The van der Waals surface area contributed by atoms with Crippen molar-refractivity contribution in [3.05, 3.63) is 47.1 Å². The molecule has 0 spiro atoms. The van der Waals surface area contributed by atoms with Crippen molar-refractivity contribution in [3.8, 4) is 11.5 Å². The molecular formula is C15H15N3O3S2. The fourth-order valence-corrected chi connectivity index (χ4v) is 4.37. The Hall–Kier alpha value is -2.19. The third-order valence-corrected chi connectivity index (χ3v) is 6.24. The first-order valence-corrected chi connectivity index (χ1v) is 9.30. The third-order valence-electron chi connectivity index (χ3n) is 3.14. The van der Waals surface area contributed by atoms with Crippen LogP contribution in [0.3, 0.4) is 0 Å². The third kappa shape index (κ3) is 3.43. The first kappa shape index (κ1) is 15.7. The van der Waals surface area contributed by atoms with Crippen molar-refractivity contribution in [2.24, 2.45) is 0 Å². The van der Waals surface area contributed by atoms with E-state index in [9.17, 15) is 8.42 Å². The van der Waals surface area contributed by atoms with Gasteiger partial charge in [0.25, 0.3) is 15.9 Å². The molecular weight excluding hydrogens is 334 g/mol. The molecule has 2 heterocycles. The molecule has 0 radical (unpaired) electrons. The van der Waals surface area contributed by atoms with Crippen molar-refractivity contribution in [2.45, 2.75) is 24.5 Å². The zero-order valence-electron chi connectivity index (χ0n) is 12.6. The number of nitrogens with zero attached hydrogens (tertiary/aromatic N) is 2. The van der Waals surface area contributed by atoms with Crippen LogP contribution in [0.25, 0.3) is 11.5 Å². The van der Waals surface area contributed by atoms with E-state index in [1.54, 1.807) is 37.3 Å². The summed E-state index contributed by atoms with van der Waals surface area (Å²) in [7, 11) is -3.59. The van der Waals surface area contributed by atoms with Gasteiger partial charge >= 0.3 is 0 Å². The first-order valence-electron chi connectivity index (χ1n) is 7.00. The lowest BCUT2D eigenvalue weighted by Crippen LogP contribution is -2.11. The quantitative estimate of drug-likeness (QED) is 0.762. The number of sulfonamides is 1. The van der Waals surface area contributed by atoms with Crippen LogP contribution in [-0.2, 0) is 16.4 Å². The Morgan fingerprint density at radius 3 is 2.74 bits per heavy atom. The molecule has 8 heteroatoms. The van der Waals surface area contributed by atoms with E-state index >= 15 is 0 Å². The molecule has 120 valence electrons. The van der Waals surface area contributed by atoms with E-state index in [0.717, 1.165) is 11.3 Å². The van der Waals surface area contributed by atoms with Gasteiger partial charge in [0.15, 0.2) is 5.82 Å². The van der Waals surface area contributed by atoms with Gasteiger partial charge in [-0.15, -0.1) is 11.3 Å². The Kier molecular flexibility index (Phi) is 4.18. The molecule has 0 aliphatic carbocycles. The maximum Gasteiger partial charge on any atom is 0.271 e. The summed E-state index contributed by atoms with van der Waals surface area (Å²) in [6, 6.07) is 10.3. The largest absolute Gasteiger partial charge is 0.334 e. The van der Waals surface area contributed by atoms with Gasteiger partial charge in [0.1, 0.15) is 4.21 Å². The summed E-state index contributed by atoms with van der Waals surface area (Å²) in [6.45, 7) is 3.72. The summed E-state index contributed by atoms with van der Waals surface area (Å²) in [4.78, 5) is 5.17. The SMILES string of the molecule is CCc1ccc(S(=O)(=O)Nc2cccc(-c3nc(C)no3)c2)s1. The maximum absolute atomic E-state index is 12.4. The van der Waals surface area contributed by atoms with E-state index < -0.39 is 10.0 Å². The molecule has 2 aromatic heterocycles. The number of benzene rings is 1. The Morgan fingerprint density at radius 1 is 1.26 bits per heavy atom. The number of rotatable bonds is 5. The average molecular weight is 349 g/mol. The summed E-state index contributed by atoms with van der Waals surface area (Å²) in [5.41, 5.74) is 1.11. The second kappa shape index (κ2) is 6.13. The summed E-state index contributed by atoms with van der Waals surface area (Å²) in [6.07, 6.45) is 0.812. The average Bonchev–Trinajstić information content (AvgIpc) is 3.16. The van der Waals surface area contributed by atoms with Gasteiger partial charge in [0.05, 0.1) is 0 Å². The fraction of sp³-hybridized carbons (Fsp3) is 0.200. The normalized spacial score (nSPS) is 11.6. The standard InChI is InChI=1S/C15H15N3O3S2/c1-3-13-7-8-14(22-13)23(19,20)18-12-6-4-5-11(9-12)15-16-10(2)17-21-15/h4-9,18H,3H2,1-2H3. The van der Waals surface area contributed by atoms with Crippen LogP contribution in [0.5, 0.6) is 0 Å². The van der Waals surface area contributed by atoms with Crippen LogP contribution < -0.4 is 4.72 Å². The molecule has 0 amide bonds. The number of hydrogen-bond donors (Lipinski definition) is 1. The number of thiophene rings is 1. The van der Waals surface area contributed by atoms with E-state index in [2.05, 4.69) is 14.9 Å². The van der Waals surface area contributed by atoms with E-state index in [0.29, 0.717) is 27.2 Å². The number of anilines is 1. The Balaban J connectivity index is 1.88. The zero-order valence-corrected chi connectivity index (χ0v) is 14.2. The minimum atomic E-state index is -3.59. The van der Waals surface area contributed by atoms with Gasteiger partial charge in [-0.3, -0.25) is 4.72 Å². The van der Waals surface area contributed by atoms with Crippen LogP contribution >= 0.6 is 11.3 Å². The van der Waals surface area contributed by atoms with Crippen LogP contribution in [0.4, 0.5) is 5.69 Å². The lowest BCUT2D eigenvalue weighted by molar-refractivity contribution is 0.425. The molecule has 0 saturated carbocycles. The van der Waals surface area contributed by atoms with E-state index in [1.165, 1.54) is 11.3 Å². The minimum Gasteiger partial charge on any atom is -0.334 e. The molecule has 0 aliphatic heterocycles. The van der Waals surface area contributed by atoms with Crippen LogP contribution in [0, 0.1) is 6.92 Å². The monoisotopic (exact) mass is 349 g/mol. The van der Waals surface area contributed by atoms with Crippen molar-refractivity contribution in [1.82, 2.24) is 10.1 Å². The topological polar surface area (TPSA) is 85.1 Å². The van der Waals surface area contributed by atoms with Gasteiger partial charge in [-0.25, -0.2) is 8.42 Å². The van der Waals surface area contributed by atoms with Crippen LogP contribution in [-0.4, -0.2) is 18.6 Å². The minimum absolute atomic E-state index is 0.299. The number of hydrogen-bond acceptors (Lipinski definition) is 6. The summed E-state index contributed by atoms with van der Waals surface area (Å²) in [5.74, 6) is 0.879. The molecule has 0 bridgehead atoms. The molecule has 1 N–H and O–H groups in total. The number of aryl methyl sites for hydroxylation is 2. The highest BCUT2D eigenvalue weighted by atomic mass is 32.2. The molecule has 3 aromatic rings. The van der Waals surface area contributed by atoms with Gasteiger partial charge in [-0.1, -0.05) is 18.1 Å². The van der Waals surface area contributed by atoms with Crippen LogP contribution in [0.1, 0.15) is 17.6 Å². The molecule has 1 aromatic carbocycles. The van der Waals surface area contributed by atoms with Crippen molar-refractivity contribution in [2.75, 3.05) is 4.72 Å². The van der Waals surface area contributed by atoms with Gasteiger partial charge in [0, 0.05) is 16.1 Å². The van der Waals surface area contributed by atoms with E-state index in [1.807, 2.05) is 13.0 Å². The highest BCUT2D eigenvalue weighted by molar-refractivity contribution is 7.94. The number of nitrogens with one attached hydrogen (secondary N) is 1. The van der Waals surface area contributed by atoms with Crippen LogP contribution in [0.2, 0.25) is 0 Å². The molecule has 23 heavy (non-hydrogen) atoms. The molecule has 0 atom stereocenters. The highest BCUT2D eigenvalue weighted by Gasteiger charge is 2.17. The van der Waals surface area contributed by atoms with Crippen molar-refractivity contribution in [1.29, 1.82) is 0 Å². The predicted molar refractivity (Wildman–Crippen MR) is 89.0 cm³/mol. The lowest BCUT2D eigenvalue weighted by Gasteiger charge is -2.07. The predicted octanol–water partition coefficient (Wildman–Crippen LogP) is 3.47. The summed E-state index contributed by atoms with van der Waals surface area (Å²) < 4.78 is 32.8. The van der Waals surface area contributed by atoms with Gasteiger partial charge in [-0.05, 0) is 43.7 Å². The first-order chi connectivity index (χ1) is 11.0. The van der Waals surface area contributed by atoms with Crippen molar-refractivity contribution in [3.63, 3.8) is 0 Å². The van der Waals surface area contributed by atoms with Gasteiger partial charge in [0.2, 0.25) is 0 Å². The van der Waals surface area contributed by atoms with E-state index in [-0.39, 0.29) is 0 Å². The van der Waals surface area contributed by atoms with Gasteiger partial charge < -0.3 is 4.52 Å². The molecule has 0 aliphatic rings. The maximum atomic E-state index is 12.4. The fourth-order valence-electron chi connectivity index (χ4n) is 2.03. The summed E-state index contributed by atoms with van der Waals surface area (Å²) in [5, 5.41) is 3.73. The highest BCUT2D eigenvalue weighted by Crippen LogP contribution is 2.26. The Morgan fingerprint density at radius 2 is 2.09 bits per heavy atom. The van der Waals surface area contributed by atoms with Gasteiger partial charge in [-0.2, -0.15) is 4.98 Å². The van der Waals surface area contributed by atoms with Crippen molar-refractivity contribution < 1.29 is 12.9 Å². The van der Waals surface area contributed by atoms with Crippen molar-refractivity contribution >= 4 is 27.0 Å². The molecule has 0 saturated heterocycles. The lowest BCUT2D eigenvalue weighted by atomic mass is 10.2. The van der Waals surface area contributed by atoms with E-state index in [4.69, 9.17) is 4.52 Å². The second-order valence-electron chi connectivity index (χ2n) is 4.91.